The molecule has 1 aliphatic carbocycles. The normalized spacial score (nSPS) is 16.0. The van der Waals surface area contributed by atoms with Crippen LogP contribution in [0.3, 0.4) is 0 Å². The maximum Gasteiger partial charge on any atom is 0.254 e. The highest BCUT2D eigenvalue weighted by atomic mass is 28.4. The number of ketones is 1. The maximum absolute atomic E-state index is 13.4. The van der Waals surface area contributed by atoms with Crippen molar-refractivity contribution < 1.29 is 23.5 Å². The molecular weight excluding hydrogens is 551 g/mol. The molecular formula is C31H43N3O5Si2. The topological polar surface area (TPSA) is 123 Å². The minimum absolute atomic E-state index is 0.0276. The van der Waals surface area contributed by atoms with Crippen molar-refractivity contribution in [1.82, 2.24) is 0 Å². The van der Waals surface area contributed by atoms with Crippen LogP contribution >= 0.6 is 0 Å². The summed E-state index contributed by atoms with van der Waals surface area (Å²) in [5.74, 6) is -0.954. The molecule has 2 aromatic carbocycles. The minimum Gasteiger partial charge on any atom is -0.542 e. The maximum atomic E-state index is 13.4. The van der Waals surface area contributed by atoms with Gasteiger partial charge in [0.1, 0.15) is 28.5 Å². The molecule has 1 amide bonds. The SMILES string of the molecule is CC(C)(C)[Si](C)(C)Oc1ccccc1N=C1C(=O)C=C(Nc2ccccc2O[Si](C)(C)C(C)(C)C)C(O)=C1C(N)=O. The molecule has 2 aromatic rings. The second kappa shape index (κ2) is 11.3. The largest absolute Gasteiger partial charge is 0.542 e. The summed E-state index contributed by atoms with van der Waals surface area (Å²) in [4.78, 5) is 30.5. The highest BCUT2D eigenvalue weighted by Gasteiger charge is 2.41. The smallest absolute Gasteiger partial charge is 0.254 e. The van der Waals surface area contributed by atoms with Crippen molar-refractivity contribution in [2.75, 3.05) is 5.32 Å². The van der Waals surface area contributed by atoms with Crippen LogP contribution in [0.15, 0.2) is 76.6 Å². The number of nitrogens with one attached hydrogen (secondary N) is 1. The Labute approximate surface area is 245 Å². The number of hydrogen-bond donors (Lipinski definition) is 3. The Kier molecular flexibility index (Phi) is 8.81. The van der Waals surface area contributed by atoms with E-state index in [0.717, 1.165) is 0 Å². The van der Waals surface area contributed by atoms with Crippen molar-refractivity contribution in [2.45, 2.75) is 77.8 Å². The number of allylic oxidation sites excluding steroid dienone is 1. The summed E-state index contributed by atoms with van der Waals surface area (Å²) in [6.07, 6.45) is 1.21. The number of aliphatic imine (C=N–C) groups is 1. The summed E-state index contributed by atoms with van der Waals surface area (Å²) in [6.45, 7) is 21.3. The highest BCUT2D eigenvalue weighted by molar-refractivity contribution is 6.75. The summed E-state index contributed by atoms with van der Waals surface area (Å²) in [7, 11) is -4.44. The monoisotopic (exact) mass is 593 g/mol. The molecule has 0 bridgehead atoms. The number of anilines is 1. The number of aliphatic hydroxyl groups excluding tert-OH is 1. The van der Waals surface area contributed by atoms with Crippen LogP contribution in [-0.4, -0.2) is 39.1 Å². The van der Waals surface area contributed by atoms with E-state index in [2.05, 4.69) is 78.0 Å². The molecule has 220 valence electrons. The molecule has 1 aliphatic rings. The predicted octanol–water partition coefficient (Wildman–Crippen LogP) is 7.40. The first kappa shape index (κ1) is 31.9. The molecule has 0 saturated heterocycles. The van der Waals surface area contributed by atoms with Crippen molar-refractivity contribution in [3.8, 4) is 11.5 Å². The molecule has 0 atom stereocenters. The van der Waals surface area contributed by atoms with Gasteiger partial charge in [0.15, 0.2) is 5.76 Å². The lowest BCUT2D eigenvalue weighted by Gasteiger charge is -2.37. The molecule has 0 unspecified atom stereocenters. The van der Waals surface area contributed by atoms with E-state index in [4.69, 9.17) is 14.6 Å². The lowest BCUT2D eigenvalue weighted by molar-refractivity contribution is -0.115. The van der Waals surface area contributed by atoms with Crippen LogP contribution in [0.1, 0.15) is 41.5 Å². The van der Waals surface area contributed by atoms with E-state index in [1.807, 2.05) is 24.3 Å². The summed E-state index contributed by atoms with van der Waals surface area (Å²) in [5.41, 5.74) is 6.00. The first-order valence-corrected chi connectivity index (χ1v) is 19.5. The Morgan fingerprint density at radius 2 is 1.34 bits per heavy atom. The van der Waals surface area contributed by atoms with E-state index in [9.17, 15) is 14.7 Å². The number of primary amides is 1. The van der Waals surface area contributed by atoms with E-state index < -0.39 is 34.1 Å². The van der Waals surface area contributed by atoms with Crippen molar-refractivity contribution in [2.24, 2.45) is 10.7 Å². The molecule has 0 fully saturated rings. The van der Waals surface area contributed by atoms with Gasteiger partial charge in [0.05, 0.1) is 11.4 Å². The average molecular weight is 594 g/mol. The van der Waals surface area contributed by atoms with Gasteiger partial charge in [-0.05, 0) is 60.5 Å². The number of benzene rings is 2. The van der Waals surface area contributed by atoms with Crippen molar-refractivity contribution >= 4 is 45.4 Å². The number of hydrogen-bond acceptors (Lipinski definition) is 7. The molecule has 8 nitrogen and oxygen atoms in total. The summed E-state index contributed by atoms with van der Waals surface area (Å²) in [6, 6.07) is 14.3. The van der Waals surface area contributed by atoms with Gasteiger partial charge in [-0.2, -0.15) is 0 Å². The molecule has 41 heavy (non-hydrogen) atoms. The van der Waals surface area contributed by atoms with Crippen molar-refractivity contribution in [1.29, 1.82) is 0 Å². The Hall–Kier alpha value is -3.64. The highest BCUT2D eigenvalue weighted by Crippen LogP contribution is 2.41. The third-order valence-corrected chi connectivity index (χ3v) is 16.8. The van der Waals surface area contributed by atoms with E-state index in [-0.39, 0.29) is 27.1 Å². The Morgan fingerprint density at radius 3 is 1.88 bits per heavy atom. The van der Waals surface area contributed by atoms with Crippen LogP contribution < -0.4 is 19.9 Å². The van der Waals surface area contributed by atoms with Crippen LogP contribution in [0.4, 0.5) is 11.4 Å². The fourth-order valence-electron chi connectivity index (χ4n) is 3.49. The fourth-order valence-corrected chi connectivity index (χ4v) is 5.56. The average Bonchev–Trinajstić information content (AvgIpc) is 2.82. The van der Waals surface area contributed by atoms with Gasteiger partial charge in [0, 0.05) is 6.08 Å². The molecule has 0 saturated carbocycles. The van der Waals surface area contributed by atoms with Gasteiger partial charge in [-0.3, -0.25) is 9.59 Å². The van der Waals surface area contributed by atoms with Crippen molar-refractivity contribution in [3.63, 3.8) is 0 Å². The lowest BCUT2D eigenvalue weighted by atomic mass is 9.96. The Balaban J connectivity index is 2.04. The molecule has 4 N–H and O–H groups in total. The number of carbonyl (C=O) groups excluding carboxylic acids is 2. The van der Waals surface area contributed by atoms with E-state index in [0.29, 0.717) is 22.9 Å². The van der Waals surface area contributed by atoms with Gasteiger partial charge in [0.25, 0.3) is 22.5 Å². The molecule has 0 radical (unpaired) electrons. The number of carbonyl (C=O) groups is 2. The predicted molar refractivity (Wildman–Crippen MR) is 171 cm³/mol. The number of rotatable bonds is 8. The van der Waals surface area contributed by atoms with Crippen molar-refractivity contribution in [3.05, 3.63) is 71.6 Å². The summed E-state index contributed by atoms with van der Waals surface area (Å²) >= 11 is 0. The summed E-state index contributed by atoms with van der Waals surface area (Å²) in [5, 5.41) is 14.2. The summed E-state index contributed by atoms with van der Waals surface area (Å²) < 4.78 is 13.0. The molecule has 0 aromatic heterocycles. The van der Waals surface area contributed by atoms with Gasteiger partial charge in [0.2, 0.25) is 5.78 Å². The zero-order chi connectivity index (χ0) is 31.0. The zero-order valence-electron chi connectivity index (χ0n) is 25.8. The fraction of sp³-hybridized carbons (Fsp3) is 0.387. The quantitative estimate of drug-likeness (QED) is 0.216. The molecule has 0 spiro atoms. The first-order valence-electron chi connectivity index (χ1n) is 13.7. The van der Waals surface area contributed by atoms with E-state index >= 15 is 0 Å². The van der Waals surface area contributed by atoms with Crippen LogP contribution in [0.25, 0.3) is 0 Å². The number of aliphatic hydroxyl groups is 1. The third-order valence-electron chi connectivity index (χ3n) is 8.08. The standard InChI is InChI=1S/C31H43N3O5Si2/c1-30(2,3)40(7,8)38-24-17-13-11-15-20(24)33-22-19-23(35)27(26(28(22)36)29(32)37)34-21-16-12-14-18-25(21)39-41(9,10)31(4,5)6/h11-19,33,36H,1-10H3,(H2,32,37). The number of nitrogens with two attached hydrogens (primary N) is 1. The molecule has 0 aliphatic heterocycles. The molecule has 3 rings (SSSR count). The van der Waals surface area contributed by atoms with Crippen LogP contribution in [0, 0.1) is 0 Å². The van der Waals surface area contributed by atoms with Gasteiger partial charge in [-0.1, -0.05) is 65.8 Å². The van der Waals surface area contributed by atoms with Crippen LogP contribution in [0.2, 0.25) is 36.3 Å². The van der Waals surface area contributed by atoms with Gasteiger partial charge >= 0.3 is 0 Å². The Morgan fingerprint density at radius 1 is 0.854 bits per heavy atom. The van der Waals surface area contributed by atoms with Gasteiger partial charge in [-0.25, -0.2) is 4.99 Å². The first-order chi connectivity index (χ1) is 18.7. The van der Waals surface area contributed by atoms with Crippen LogP contribution in [-0.2, 0) is 9.59 Å². The lowest BCUT2D eigenvalue weighted by Crippen LogP contribution is -2.44. The number of para-hydroxylation sites is 4. The zero-order valence-corrected chi connectivity index (χ0v) is 27.8. The molecule has 10 heteroatoms. The van der Waals surface area contributed by atoms with Crippen LogP contribution in [0.5, 0.6) is 11.5 Å². The third kappa shape index (κ3) is 6.99. The minimum atomic E-state index is -2.24. The van der Waals surface area contributed by atoms with E-state index in [1.54, 1.807) is 24.3 Å². The van der Waals surface area contributed by atoms with Gasteiger partial charge < -0.3 is 25.0 Å². The Bertz CT molecular complexity index is 1440. The second-order valence-electron chi connectivity index (χ2n) is 13.3. The number of nitrogens with zero attached hydrogens (tertiary/aromatic N) is 1. The second-order valence-corrected chi connectivity index (χ2v) is 22.7. The van der Waals surface area contributed by atoms with Gasteiger partial charge in [-0.15, -0.1) is 0 Å². The molecule has 0 heterocycles. The van der Waals surface area contributed by atoms with E-state index in [1.165, 1.54) is 6.08 Å². The number of amides is 1.